The van der Waals surface area contributed by atoms with Crippen LogP contribution in [0.3, 0.4) is 0 Å². The first-order chi connectivity index (χ1) is 13.5. The number of carbonyl (C=O) groups excluding carboxylic acids is 1. The van der Waals surface area contributed by atoms with E-state index >= 15 is 0 Å². The van der Waals surface area contributed by atoms with Crippen molar-refractivity contribution >= 4 is 63.9 Å². The van der Waals surface area contributed by atoms with Crippen molar-refractivity contribution in [1.82, 2.24) is 4.81 Å². The predicted molar refractivity (Wildman–Crippen MR) is 127 cm³/mol. The standard InChI is InChI=1S/C19H21BBrIN2O4S/c1-12-8-15(21)9-13(2)17(12)6-7-28-19(25)23-16-4-5-18(29(22,26)27)14(10-16)11-24(3)20/h4-5,8-10H,6-7,11H2,1-3H3,(H,23,25). The number of hydrogen-bond donors (Lipinski definition) is 1. The molecule has 2 radical (unpaired) electrons. The monoisotopic (exact) mass is 590 g/mol. The number of halogens is 2. The van der Waals surface area contributed by atoms with Gasteiger partial charge in [-0.25, -0.2) is 13.2 Å². The van der Waals surface area contributed by atoms with Crippen LogP contribution in [0.1, 0.15) is 22.3 Å². The number of carbonyl (C=O) groups is 1. The van der Waals surface area contributed by atoms with Gasteiger partial charge in [0.25, 0.3) is 0 Å². The fourth-order valence-electron chi connectivity index (χ4n) is 3.02. The highest BCUT2D eigenvalue weighted by Crippen LogP contribution is 2.26. The number of hydrogen-bond acceptors (Lipinski definition) is 5. The Bertz CT molecular complexity index is 992. The van der Waals surface area contributed by atoms with Crippen LogP contribution in [-0.2, 0) is 24.7 Å². The molecule has 0 saturated heterocycles. The Morgan fingerprint density at radius 1 is 1.24 bits per heavy atom. The Morgan fingerprint density at radius 2 is 1.86 bits per heavy atom. The lowest BCUT2D eigenvalue weighted by Gasteiger charge is -2.15. The number of amides is 1. The summed E-state index contributed by atoms with van der Waals surface area (Å²) in [5.74, 6) is 0. The molecule has 0 aromatic heterocycles. The van der Waals surface area contributed by atoms with Crippen LogP contribution in [-0.4, -0.2) is 41.0 Å². The normalized spacial score (nSPS) is 11.5. The van der Waals surface area contributed by atoms with Crippen molar-refractivity contribution in [3.63, 3.8) is 0 Å². The minimum atomic E-state index is -3.44. The molecule has 0 fully saturated rings. The van der Waals surface area contributed by atoms with Crippen LogP contribution in [0, 0.1) is 13.8 Å². The molecule has 2 aromatic carbocycles. The van der Waals surface area contributed by atoms with Gasteiger partial charge in [-0.2, -0.15) is 0 Å². The number of rotatable bonds is 7. The van der Waals surface area contributed by atoms with Crippen molar-refractivity contribution < 1.29 is 17.9 Å². The average molecular weight is 591 g/mol. The summed E-state index contributed by atoms with van der Waals surface area (Å²) in [5, 5.41) is 2.63. The number of aryl methyl sites for hydroxylation is 2. The minimum absolute atomic E-state index is 0.163. The minimum Gasteiger partial charge on any atom is -0.449 e. The van der Waals surface area contributed by atoms with E-state index in [0.29, 0.717) is 17.7 Å². The van der Waals surface area contributed by atoms with Crippen LogP contribution < -0.4 is 5.32 Å². The molecule has 0 unspecified atom stereocenters. The summed E-state index contributed by atoms with van der Waals surface area (Å²) in [7, 11) is 3.85. The zero-order chi connectivity index (χ0) is 21.8. The maximum atomic E-state index is 12.1. The third kappa shape index (κ3) is 7.27. The average Bonchev–Trinajstić information content (AvgIpc) is 2.55. The SMILES string of the molecule is [B]N(C)Cc1cc(NC(=O)OCCc2c(C)cc(Br)cc2C)ccc1S(=O)(=O)I. The van der Waals surface area contributed by atoms with Gasteiger partial charge in [0.15, 0.2) is 7.98 Å². The molecule has 0 heterocycles. The Morgan fingerprint density at radius 3 is 2.41 bits per heavy atom. The lowest BCUT2D eigenvalue weighted by atomic mass is 10.0. The molecule has 154 valence electrons. The fourth-order valence-corrected chi connectivity index (χ4v) is 5.66. The van der Waals surface area contributed by atoms with Crippen molar-refractivity contribution in [2.24, 2.45) is 0 Å². The number of nitrogens with one attached hydrogen (secondary N) is 1. The second-order valence-electron chi connectivity index (χ2n) is 6.70. The summed E-state index contributed by atoms with van der Waals surface area (Å²) >= 11 is 4.85. The highest BCUT2D eigenvalue weighted by atomic mass is 127. The van der Waals surface area contributed by atoms with Gasteiger partial charge in [-0.05, 0) is 73.5 Å². The molecule has 0 atom stereocenters. The maximum absolute atomic E-state index is 12.1. The van der Waals surface area contributed by atoms with Gasteiger partial charge in [-0.3, -0.25) is 5.32 Å². The van der Waals surface area contributed by atoms with E-state index in [1.807, 2.05) is 26.0 Å². The Kier molecular flexibility index (Phi) is 8.56. The van der Waals surface area contributed by atoms with Crippen LogP contribution in [0.4, 0.5) is 10.5 Å². The molecule has 2 aromatic rings. The third-order valence-corrected chi connectivity index (χ3v) is 7.04. The molecule has 0 aliphatic heterocycles. The number of anilines is 1. The van der Waals surface area contributed by atoms with Gasteiger partial charge in [0.1, 0.15) is 0 Å². The summed E-state index contributed by atoms with van der Waals surface area (Å²) in [6, 6.07) is 8.61. The molecule has 0 bridgehead atoms. The van der Waals surface area contributed by atoms with Crippen molar-refractivity contribution in [2.75, 3.05) is 19.0 Å². The van der Waals surface area contributed by atoms with Gasteiger partial charge in [0, 0.05) is 23.1 Å². The van der Waals surface area contributed by atoms with E-state index in [-0.39, 0.29) is 18.0 Å². The highest BCUT2D eigenvalue weighted by Gasteiger charge is 2.17. The summed E-state index contributed by atoms with van der Waals surface area (Å²) < 4.78 is 30.2. The molecule has 0 spiro atoms. The van der Waals surface area contributed by atoms with Crippen LogP contribution in [0.25, 0.3) is 0 Å². The van der Waals surface area contributed by atoms with Gasteiger partial charge < -0.3 is 9.55 Å². The van der Waals surface area contributed by atoms with Crippen LogP contribution in [0.15, 0.2) is 39.7 Å². The molecule has 1 N–H and O–H groups in total. The molecule has 2 rings (SSSR count). The van der Waals surface area contributed by atoms with E-state index in [0.717, 1.165) is 21.2 Å². The van der Waals surface area contributed by atoms with Crippen molar-refractivity contribution in [3.05, 3.63) is 57.1 Å². The second-order valence-corrected chi connectivity index (χ2v) is 12.4. The second kappa shape index (κ2) is 10.3. The third-order valence-electron chi connectivity index (χ3n) is 4.24. The maximum Gasteiger partial charge on any atom is 0.411 e. The topological polar surface area (TPSA) is 75.7 Å². The molecule has 0 aliphatic rings. The summed E-state index contributed by atoms with van der Waals surface area (Å²) in [4.78, 5) is 13.7. The lowest BCUT2D eigenvalue weighted by molar-refractivity contribution is 0.163. The van der Waals surface area contributed by atoms with Crippen molar-refractivity contribution in [3.8, 4) is 0 Å². The number of ether oxygens (including phenoxy) is 1. The van der Waals surface area contributed by atoms with Gasteiger partial charge in [0.05, 0.1) is 32.7 Å². The highest BCUT2D eigenvalue weighted by molar-refractivity contribution is 14.2. The van der Waals surface area contributed by atoms with E-state index < -0.39 is 13.1 Å². The van der Waals surface area contributed by atoms with Gasteiger partial charge in [-0.15, -0.1) is 0 Å². The quantitative estimate of drug-likeness (QED) is 0.292. The molecule has 6 nitrogen and oxygen atoms in total. The van der Waals surface area contributed by atoms with E-state index in [1.54, 1.807) is 13.1 Å². The summed E-state index contributed by atoms with van der Waals surface area (Å²) in [5.41, 5.74) is 4.33. The van der Waals surface area contributed by atoms with Crippen molar-refractivity contribution in [1.29, 1.82) is 0 Å². The van der Waals surface area contributed by atoms with Gasteiger partial charge in [-0.1, -0.05) is 15.9 Å². The zero-order valence-corrected chi connectivity index (χ0v) is 20.9. The van der Waals surface area contributed by atoms with Crippen LogP contribution >= 0.6 is 37.1 Å². The molecule has 10 heteroatoms. The Hall–Kier alpha value is -1.11. The fraction of sp³-hybridized carbons (Fsp3) is 0.316. The number of nitrogens with zero attached hydrogens (tertiary/aromatic N) is 1. The van der Waals surface area contributed by atoms with Crippen LogP contribution in [0.5, 0.6) is 0 Å². The molecular weight excluding hydrogens is 570 g/mol. The predicted octanol–water partition coefficient (Wildman–Crippen LogP) is 4.50. The molecule has 1 amide bonds. The van der Waals surface area contributed by atoms with Crippen molar-refractivity contribution in [2.45, 2.75) is 31.7 Å². The number of benzene rings is 2. The van der Waals surface area contributed by atoms with Gasteiger partial charge >= 0.3 is 6.09 Å². The molecule has 0 aliphatic carbocycles. The summed E-state index contributed by atoms with van der Waals surface area (Å²) in [6.07, 6.45) is 0.00250. The molecule has 29 heavy (non-hydrogen) atoms. The smallest absolute Gasteiger partial charge is 0.411 e. The Labute approximate surface area is 193 Å². The Balaban J connectivity index is 2.03. The lowest BCUT2D eigenvalue weighted by Crippen LogP contribution is -2.18. The largest absolute Gasteiger partial charge is 0.449 e. The first kappa shape index (κ1) is 24.2. The van der Waals surface area contributed by atoms with E-state index in [2.05, 4.69) is 21.2 Å². The van der Waals surface area contributed by atoms with Crippen LogP contribution in [0.2, 0.25) is 0 Å². The first-order valence-corrected chi connectivity index (χ1v) is 13.5. The molecular formula is C19H21BBrIN2O4S. The summed E-state index contributed by atoms with van der Waals surface area (Å²) in [6.45, 7) is 4.48. The van der Waals surface area contributed by atoms with Gasteiger partial charge in [0.2, 0.25) is 7.01 Å². The first-order valence-electron chi connectivity index (χ1n) is 8.70. The molecule has 0 saturated carbocycles. The van der Waals surface area contributed by atoms with E-state index in [4.69, 9.17) is 12.7 Å². The zero-order valence-electron chi connectivity index (χ0n) is 16.3. The van der Waals surface area contributed by atoms with E-state index in [1.165, 1.54) is 38.1 Å². The van der Waals surface area contributed by atoms with E-state index in [9.17, 15) is 13.2 Å².